The third-order valence-electron chi connectivity index (χ3n) is 2.87. The van der Waals surface area contributed by atoms with E-state index in [1.165, 1.54) is 31.4 Å². The highest BCUT2D eigenvalue weighted by Gasteiger charge is 2.30. The first-order valence-electron chi connectivity index (χ1n) is 6.23. The smallest absolute Gasteiger partial charge is 0.416 e. The number of ether oxygens (including phenoxy) is 1. The van der Waals surface area contributed by atoms with E-state index in [1.54, 1.807) is 6.07 Å². The fourth-order valence-corrected chi connectivity index (χ4v) is 1.85. The van der Waals surface area contributed by atoms with Gasteiger partial charge in [0.15, 0.2) is 0 Å². The summed E-state index contributed by atoms with van der Waals surface area (Å²) >= 11 is 0. The van der Waals surface area contributed by atoms with Gasteiger partial charge in [-0.3, -0.25) is 4.79 Å². The first kappa shape index (κ1) is 15.7. The highest BCUT2D eigenvalue weighted by atomic mass is 19.4. The molecule has 0 aromatic heterocycles. The van der Waals surface area contributed by atoms with Gasteiger partial charge in [0.25, 0.3) is 5.91 Å². The first-order valence-corrected chi connectivity index (χ1v) is 6.23. The van der Waals surface area contributed by atoms with E-state index < -0.39 is 17.6 Å². The molecule has 116 valence electrons. The molecule has 0 aliphatic rings. The van der Waals surface area contributed by atoms with Crippen LogP contribution in [0, 0.1) is 0 Å². The predicted octanol–water partition coefficient (Wildman–Crippen LogP) is 3.55. The zero-order valence-electron chi connectivity index (χ0n) is 11.6. The summed E-state index contributed by atoms with van der Waals surface area (Å²) in [7, 11) is 1.44. The fourth-order valence-electron chi connectivity index (χ4n) is 1.85. The topological polar surface area (TPSA) is 64.3 Å². The number of alkyl halides is 3. The Balaban J connectivity index is 2.24. The summed E-state index contributed by atoms with van der Waals surface area (Å²) in [5, 5.41) is 2.49. The van der Waals surface area contributed by atoms with Crippen LogP contribution < -0.4 is 15.8 Å². The van der Waals surface area contributed by atoms with E-state index in [0.29, 0.717) is 17.1 Å². The molecular weight excluding hydrogens is 297 g/mol. The lowest BCUT2D eigenvalue weighted by Crippen LogP contribution is -2.14. The third kappa shape index (κ3) is 3.69. The Hall–Kier alpha value is -2.70. The number of carbonyl (C=O) groups excluding carboxylic acids is 1. The molecule has 0 saturated heterocycles. The SMILES string of the molecule is COc1cc(N)cc(NC(=O)c2cccc(C(F)(F)F)c2)c1. The molecule has 0 bridgehead atoms. The molecule has 0 atom stereocenters. The van der Waals surface area contributed by atoms with Crippen molar-refractivity contribution in [3.63, 3.8) is 0 Å². The zero-order valence-corrected chi connectivity index (χ0v) is 11.6. The number of hydrogen-bond donors (Lipinski definition) is 2. The van der Waals surface area contributed by atoms with E-state index in [4.69, 9.17) is 10.5 Å². The van der Waals surface area contributed by atoms with Gasteiger partial charge in [0.2, 0.25) is 0 Å². The van der Waals surface area contributed by atoms with E-state index in [2.05, 4.69) is 5.32 Å². The zero-order chi connectivity index (χ0) is 16.3. The average molecular weight is 310 g/mol. The first-order chi connectivity index (χ1) is 10.3. The van der Waals surface area contributed by atoms with Crippen molar-refractivity contribution in [2.75, 3.05) is 18.2 Å². The Morgan fingerprint density at radius 2 is 1.91 bits per heavy atom. The fraction of sp³-hybridized carbons (Fsp3) is 0.133. The van der Waals surface area contributed by atoms with Crippen LogP contribution in [0.2, 0.25) is 0 Å². The number of nitrogens with one attached hydrogen (secondary N) is 1. The number of halogens is 3. The molecule has 0 aliphatic heterocycles. The molecule has 2 rings (SSSR count). The Kier molecular flexibility index (Phi) is 4.25. The third-order valence-corrected chi connectivity index (χ3v) is 2.87. The number of benzene rings is 2. The minimum Gasteiger partial charge on any atom is -0.497 e. The number of rotatable bonds is 3. The molecule has 22 heavy (non-hydrogen) atoms. The van der Waals surface area contributed by atoms with E-state index in [1.807, 2.05) is 0 Å². The Labute approximate surface area is 124 Å². The molecule has 3 N–H and O–H groups in total. The van der Waals surface area contributed by atoms with Crippen molar-refractivity contribution in [2.45, 2.75) is 6.18 Å². The van der Waals surface area contributed by atoms with E-state index in [0.717, 1.165) is 12.1 Å². The second-order valence-electron chi connectivity index (χ2n) is 4.53. The second-order valence-corrected chi connectivity index (χ2v) is 4.53. The van der Waals surface area contributed by atoms with Gasteiger partial charge in [-0.15, -0.1) is 0 Å². The number of nitrogens with two attached hydrogens (primary N) is 1. The minimum absolute atomic E-state index is 0.101. The summed E-state index contributed by atoms with van der Waals surface area (Å²) in [4.78, 5) is 12.0. The molecule has 0 spiro atoms. The van der Waals surface area contributed by atoms with Crippen LogP contribution in [0.3, 0.4) is 0 Å². The van der Waals surface area contributed by atoms with Crippen LogP contribution in [0.15, 0.2) is 42.5 Å². The van der Waals surface area contributed by atoms with Gasteiger partial charge in [0.1, 0.15) is 5.75 Å². The van der Waals surface area contributed by atoms with Crippen molar-refractivity contribution in [3.8, 4) is 5.75 Å². The van der Waals surface area contributed by atoms with Gasteiger partial charge in [-0.1, -0.05) is 6.07 Å². The van der Waals surface area contributed by atoms with Gasteiger partial charge in [-0.25, -0.2) is 0 Å². The summed E-state index contributed by atoms with van der Waals surface area (Å²) < 4.78 is 42.9. The molecule has 0 aliphatic carbocycles. The van der Waals surface area contributed by atoms with Crippen molar-refractivity contribution >= 4 is 17.3 Å². The predicted molar refractivity (Wildman–Crippen MR) is 76.8 cm³/mol. The molecule has 1 amide bonds. The van der Waals surface area contributed by atoms with Crippen molar-refractivity contribution in [2.24, 2.45) is 0 Å². The van der Waals surface area contributed by atoms with Crippen molar-refractivity contribution < 1.29 is 22.7 Å². The lowest BCUT2D eigenvalue weighted by molar-refractivity contribution is -0.137. The normalized spacial score (nSPS) is 11.1. The van der Waals surface area contributed by atoms with Crippen LogP contribution in [0.25, 0.3) is 0 Å². The molecule has 7 heteroatoms. The number of hydrogen-bond acceptors (Lipinski definition) is 3. The van der Waals surface area contributed by atoms with Crippen LogP contribution in [-0.2, 0) is 6.18 Å². The number of carbonyl (C=O) groups is 1. The Bertz CT molecular complexity index is 699. The Morgan fingerprint density at radius 1 is 1.18 bits per heavy atom. The van der Waals surface area contributed by atoms with Crippen molar-refractivity contribution in [1.82, 2.24) is 0 Å². The highest BCUT2D eigenvalue weighted by molar-refractivity contribution is 6.04. The van der Waals surface area contributed by atoms with Gasteiger partial charge in [0.05, 0.1) is 12.7 Å². The van der Waals surface area contributed by atoms with Crippen LogP contribution in [0.4, 0.5) is 24.5 Å². The van der Waals surface area contributed by atoms with Crippen LogP contribution in [0.1, 0.15) is 15.9 Å². The lowest BCUT2D eigenvalue weighted by Gasteiger charge is -2.10. The van der Waals surface area contributed by atoms with Gasteiger partial charge in [-0.2, -0.15) is 13.2 Å². The molecule has 0 radical (unpaired) electrons. The molecule has 2 aromatic carbocycles. The van der Waals surface area contributed by atoms with Crippen LogP contribution >= 0.6 is 0 Å². The molecular formula is C15H13F3N2O2. The number of amides is 1. The summed E-state index contributed by atoms with van der Waals surface area (Å²) in [5.41, 5.74) is 5.36. The standard InChI is InChI=1S/C15H13F3N2O2/c1-22-13-7-11(19)6-12(8-13)20-14(21)9-3-2-4-10(5-9)15(16,17)18/h2-8H,19H2,1H3,(H,20,21). The number of methoxy groups -OCH3 is 1. The molecule has 0 unspecified atom stereocenters. The van der Waals surface area contributed by atoms with Gasteiger partial charge in [-0.05, 0) is 24.3 Å². The number of anilines is 2. The minimum atomic E-state index is -4.50. The summed E-state index contributed by atoms with van der Waals surface area (Å²) in [6.07, 6.45) is -4.50. The van der Waals surface area contributed by atoms with E-state index in [-0.39, 0.29) is 5.56 Å². The molecule has 0 heterocycles. The largest absolute Gasteiger partial charge is 0.497 e. The van der Waals surface area contributed by atoms with E-state index in [9.17, 15) is 18.0 Å². The van der Waals surface area contributed by atoms with Crippen molar-refractivity contribution in [3.05, 3.63) is 53.6 Å². The molecule has 4 nitrogen and oxygen atoms in total. The maximum Gasteiger partial charge on any atom is 0.416 e. The number of nitrogen functional groups attached to an aromatic ring is 1. The maximum atomic E-state index is 12.6. The van der Waals surface area contributed by atoms with Gasteiger partial charge >= 0.3 is 6.18 Å². The summed E-state index contributed by atoms with van der Waals surface area (Å²) in [6, 6.07) is 8.72. The summed E-state index contributed by atoms with van der Waals surface area (Å²) in [6.45, 7) is 0. The molecule has 0 saturated carbocycles. The quantitative estimate of drug-likeness (QED) is 0.852. The monoisotopic (exact) mass is 310 g/mol. The maximum absolute atomic E-state index is 12.6. The van der Waals surface area contributed by atoms with Gasteiger partial charge < -0.3 is 15.8 Å². The highest BCUT2D eigenvalue weighted by Crippen LogP contribution is 2.30. The van der Waals surface area contributed by atoms with Crippen molar-refractivity contribution in [1.29, 1.82) is 0 Å². The molecule has 2 aromatic rings. The summed E-state index contributed by atoms with van der Waals surface area (Å²) in [5.74, 6) is -0.238. The van der Waals surface area contributed by atoms with E-state index >= 15 is 0 Å². The molecule has 0 fully saturated rings. The van der Waals surface area contributed by atoms with Gasteiger partial charge in [0, 0.05) is 29.1 Å². The van der Waals surface area contributed by atoms with Crippen LogP contribution in [-0.4, -0.2) is 13.0 Å². The average Bonchev–Trinajstić information content (AvgIpc) is 2.45. The van der Waals surface area contributed by atoms with Crippen LogP contribution in [0.5, 0.6) is 5.75 Å². The lowest BCUT2D eigenvalue weighted by atomic mass is 10.1. The Morgan fingerprint density at radius 3 is 2.55 bits per heavy atom. The second kappa shape index (κ2) is 5.97.